The summed E-state index contributed by atoms with van der Waals surface area (Å²) < 4.78 is 0. The summed E-state index contributed by atoms with van der Waals surface area (Å²) in [5, 5.41) is 6.75. The van der Waals surface area contributed by atoms with E-state index in [1.54, 1.807) is 0 Å². The minimum absolute atomic E-state index is 0.622. The van der Waals surface area contributed by atoms with Gasteiger partial charge in [-0.2, -0.15) is 0 Å². The lowest BCUT2D eigenvalue weighted by Crippen LogP contribution is -2.33. The third-order valence-corrected chi connectivity index (χ3v) is 3.70. The lowest BCUT2D eigenvalue weighted by molar-refractivity contribution is 0.409. The predicted molar refractivity (Wildman–Crippen MR) is 78.6 cm³/mol. The van der Waals surface area contributed by atoms with Gasteiger partial charge >= 0.3 is 0 Å². The summed E-state index contributed by atoms with van der Waals surface area (Å²) in [6, 6.07) is 1.31. The number of rotatable bonds is 12. The lowest BCUT2D eigenvalue weighted by atomic mass is 10.0. The number of hydrogen-bond acceptors (Lipinski definition) is 2. The maximum Gasteiger partial charge on any atom is 0.00787 e. The van der Waals surface area contributed by atoms with E-state index in [0.29, 0.717) is 12.1 Å². The highest BCUT2D eigenvalue weighted by Crippen LogP contribution is 2.11. The van der Waals surface area contributed by atoms with E-state index in [4.69, 9.17) is 0 Å². The quantitative estimate of drug-likeness (QED) is 0.510. The minimum atomic E-state index is 0.622. The van der Waals surface area contributed by atoms with Gasteiger partial charge in [-0.05, 0) is 33.9 Å². The molecule has 0 rings (SSSR count). The summed E-state index contributed by atoms with van der Waals surface area (Å²) >= 11 is 0. The molecule has 0 aromatic rings. The molecule has 0 aliphatic heterocycles. The second kappa shape index (κ2) is 12.4. The van der Waals surface area contributed by atoms with E-state index < -0.39 is 0 Å². The first-order valence-electron chi connectivity index (χ1n) is 7.59. The highest BCUT2D eigenvalue weighted by Gasteiger charge is 2.09. The van der Waals surface area contributed by atoms with Crippen LogP contribution in [0.4, 0.5) is 0 Å². The summed E-state index contributed by atoms with van der Waals surface area (Å²) in [4.78, 5) is 0. The van der Waals surface area contributed by atoms with Crippen molar-refractivity contribution in [3.8, 4) is 0 Å². The molecule has 0 radical (unpaired) electrons. The van der Waals surface area contributed by atoms with Crippen molar-refractivity contribution in [1.29, 1.82) is 0 Å². The van der Waals surface area contributed by atoms with Crippen molar-refractivity contribution in [1.82, 2.24) is 10.6 Å². The van der Waals surface area contributed by atoms with Gasteiger partial charge in [-0.1, -0.05) is 51.9 Å². The Kier molecular flexibility index (Phi) is 12.3. The first kappa shape index (κ1) is 16.9. The summed E-state index contributed by atoms with van der Waals surface area (Å²) in [7, 11) is 4.14. The Morgan fingerprint density at radius 2 is 1.41 bits per heavy atom. The summed E-state index contributed by atoms with van der Waals surface area (Å²) in [5.41, 5.74) is 0. The van der Waals surface area contributed by atoms with E-state index in [0.717, 1.165) is 0 Å². The standard InChI is InChI=1S/C15H34N2/c1-5-6-7-8-9-10-11-12-15(17-4)13-14(2)16-3/h14-17H,5-13H2,1-4H3. The molecule has 0 aliphatic carbocycles. The SMILES string of the molecule is CCCCCCCCCC(CC(C)NC)NC. The van der Waals surface area contributed by atoms with Crippen LogP contribution in [0.5, 0.6) is 0 Å². The van der Waals surface area contributed by atoms with Gasteiger partial charge in [0.25, 0.3) is 0 Å². The topological polar surface area (TPSA) is 24.1 Å². The fourth-order valence-corrected chi connectivity index (χ4v) is 2.27. The average Bonchev–Trinajstić information content (AvgIpc) is 2.35. The molecule has 2 atom stereocenters. The van der Waals surface area contributed by atoms with Crippen molar-refractivity contribution < 1.29 is 0 Å². The Morgan fingerprint density at radius 1 is 0.824 bits per heavy atom. The summed E-state index contributed by atoms with van der Waals surface area (Å²) in [6.07, 6.45) is 12.4. The van der Waals surface area contributed by atoms with Crippen LogP contribution in [0.3, 0.4) is 0 Å². The Balaban J connectivity index is 3.37. The van der Waals surface area contributed by atoms with Crippen molar-refractivity contribution >= 4 is 0 Å². The van der Waals surface area contributed by atoms with E-state index >= 15 is 0 Å². The molecule has 0 amide bonds. The van der Waals surface area contributed by atoms with Gasteiger partial charge in [0.15, 0.2) is 0 Å². The third kappa shape index (κ3) is 10.8. The maximum absolute atomic E-state index is 3.44. The third-order valence-electron chi connectivity index (χ3n) is 3.70. The van der Waals surface area contributed by atoms with Crippen molar-refractivity contribution in [2.45, 2.75) is 83.7 Å². The van der Waals surface area contributed by atoms with Gasteiger partial charge in [0.2, 0.25) is 0 Å². The van der Waals surface area contributed by atoms with Crippen LogP contribution in [-0.2, 0) is 0 Å². The van der Waals surface area contributed by atoms with Crippen LogP contribution >= 0.6 is 0 Å². The highest BCUT2D eigenvalue weighted by molar-refractivity contribution is 4.71. The smallest absolute Gasteiger partial charge is 0.00787 e. The van der Waals surface area contributed by atoms with Crippen molar-refractivity contribution in [2.75, 3.05) is 14.1 Å². The second-order valence-corrected chi connectivity index (χ2v) is 5.32. The molecular weight excluding hydrogens is 208 g/mol. The van der Waals surface area contributed by atoms with Crippen LogP contribution in [-0.4, -0.2) is 26.2 Å². The molecule has 2 unspecified atom stereocenters. The largest absolute Gasteiger partial charge is 0.317 e. The molecule has 0 spiro atoms. The minimum Gasteiger partial charge on any atom is -0.317 e. The fourth-order valence-electron chi connectivity index (χ4n) is 2.27. The normalized spacial score (nSPS) is 14.8. The molecule has 0 saturated carbocycles. The van der Waals surface area contributed by atoms with E-state index in [1.807, 2.05) is 7.05 Å². The highest BCUT2D eigenvalue weighted by atomic mass is 14.9. The Morgan fingerprint density at radius 3 is 1.94 bits per heavy atom. The van der Waals surface area contributed by atoms with Crippen LogP contribution in [0.25, 0.3) is 0 Å². The molecular formula is C15H34N2. The molecule has 104 valence electrons. The van der Waals surface area contributed by atoms with Crippen molar-refractivity contribution in [3.63, 3.8) is 0 Å². The first-order valence-corrected chi connectivity index (χ1v) is 7.59. The van der Waals surface area contributed by atoms with E-state index in [9.17, 15) is 0 Å². The lowest BCUT2D eigenvalue weighted by Gasteiger charge is -2.20. The van der Waals surface area contributed by atoms with E-state index in [2.05, 4.69) is 31.5 Å². The zero-order chi connectivity index (χ0) is 12.9. The molecule has 0 aromatic carbocycles. The molecule has 0 aliphatic rings. The first-order chi connectivity index (χ1) is 8.24. The molecule has 0 aromatic heterocycles. The average molecular weight is 242 g/mol. The van der Waals surface area contributed by atoms with Crippen LogP contribution in [0.2, 0.25) is 0 Å². The van der Waals surface area contributed by atoms with E-state index in [1.165, 1.54) is 57.8 Å². The molecule has 2 N–H and O–H groups in total. The number of nitrogens with one attached hydrogen (secondary N) is 2. The van der Waals surface area contributed by atoms with E-state index in [-0.39, 0.29) is 0 Å². The number of hydrogen-bond donors (Lipinski definition) is 2. The monoisotopic (exact) mass is 242 g/mol. The van der Waals surface area contributed by atoms with Gasteiger partial charge in [0, 0.05) is 12.1 Å². The van der Waals surface area contributed by atoms with Crippen LogP contribution in [0, 0.1) is 0 Å². The molecule has 2 nitrogen and oxygen atoms in total. The molecule has 0 saturated heterocycles. The zero-order valence-electron chi connectivity index (χ0n) is 12.5. The van der Waals surface area contributed by atoms with Gasteiger partial charge in [-0.25, -0.2) is 0 Å². The maximum atomic E-state index is 3.44. The summed E-state index contributed by atoms with van der Waals surface area (Å²) in [5.74, 6) is 0. The second-order valence-electron chi connectivity index (χ2n) is 5.32. The summed E-state index contributed by atoms with van der Waals surface area (Å²) in [6.45, 7) is 4.54. The predicted octanol–water partition coefficient (Wildman–Crippen LogP) is 3.71. The van der Waals surface area contributed by atoms with Gasteiger partial charge in [-0.15, -0.1) is 0 Å². The van der Waals surface area contributed by atoms with Crippen LogP contribution in [0.15, 0.2) is 0 Å². The zero-order valence-corrected chi connectivity index (χ0v) is 12.5. The molecule has 17 heavy (non-hydrogen) atoms. The molecule has 0 heterocycles. The Labute approximate surface area is 109 Å². The molecule has 0 fully saturated rings. The van der Waals surface area contributed by atoms with Gasteiger partial charge in [-0.3, -0.25) is 0 Å². The van der Waals surface area contributed by atoms with Crippen LogP contribution in [0.1, 0.15) is 71.6 Å². The Bertz CT molecular complexity index is 148. The van der Waals surface area contributed by atoms with Gasteiger partial charge in [0.1, 0.15) is 0 Å². The number of unbranched alkanes of at least 4 members (excludes halogenated alkanes) is 6. The molecule has 2 heteroatoms. The fraction of sp³-hybridized carbons (Fsp3) is 1.00. The Hall–Kier alpha value is -0.0800. The van der Waals surface area contributed by atoms with Crippen molar-refractivity contribution in [3.05, 3.63) is 0 Å². The van der Waals surface area contributed by atoms with Gasteiger partial charge in [0.05, 0.1) is 0 Å². The molecule has 0 bridgehead atoms. The van der Waals surface area contributed by atoms with Crippen molar-refractivity contribution in [2.24, 2.45) is 0 Å². The van der Waals surface area contributed by atoms with Gasteiger partial charge < -0.3 is 10.6 Å². The van der Waals surface area contributed by atoms with Crippen LogP contribution < -0.4 is 10.6 Å².